The molecule has 1 aliphatic heterocycles. The Morgan fingerprint density at radius 3 is 2.70 bits per heavy atom. The SMILES string of the molecule is Cc1cn(-c2ccc3n(c2=O)CCN(Cc2coc4ccc(OC(F)(F)F)cc24)C3=O)cn1. The number of alkyl halides is 3. The molecule has 4 aromatic rings. The number of ether oxygens (including phenoxy) is 1. The van der Waals surface area contributed by atoms with Crippen LogP contribution in [-0.4, -0.2) is 37.8 Å². The number of halogens is 3. The standard InChI is InChI=1S/C22H17F3N4O4/c1-13-9-28(12-26-13)17-3-4-18-20(30)27(6-7-29(18)21(17)31)10-14-11-32-19-5-2-15(8-16(14)19)33-22(23,24)25/h2-5,8-9,11-12H,6-7,10H2,1H3. The lowest BCUT2D eigenvalue weighted by Gasteiger charge is -2.29. The predicted octanol–water partition coefficient (Wildman–Crippen LogP) is 3.64. The molecule has 0 aliphatic carbocycles. The van der Waals surface area contributed by atoms with Gasteiger partial charge in [0.2, 0.25) is 0 Å². The Labute approximate surface area is 184 Å². The number of pyridine rings is 1. The van der Waals surface area contributed by atoms with E-state index >= 15 is 0 Å². The van der Waals surface area contributed by atoms with Gasteiger partial charge in [-0.2, -0.15) is 0 Å². The Morgan fingerprint density at radius 2 is 1.97 bits per heavy atom. The number of rotatable bonds is 4. The van der Waals surface area contributed by atoms with Crippen LogP contribution in [0.25, 0.3) is 16.7 Å². The maximum atomic E-state index is 13.1. The lowest BCUT2D eigenvalue weighted by molar-refractivity contribution is -0.274. The maximum absolute atomic E-state index is 13.1. The van der Waals surface area contributed by atoms with Crippen LogP contribution in [0.4, 0.5) is 13.2 Å². The number of carbonyl (C=O) groups is 1. The second-order valence-electron chi connectivity index (χ2n) is 7.68. The Morgan fingerprint density at radius 1 is 1.15 bits per heavy atom. The second-order valence-corrected chi connectivity index (χ2v) is 7.68. The first kappa shape index (κ1) is 20.9. The van der Waals surface area contributed by atoms with E-state index in [0.29, 0.717) is 22.2 Å². The summed E-state index contributed by atoms with van der Waals surface area (Å²) in [5.74, 6) is -0.731. The third-order valence-electron chi connectivity index (χ3n) is 5.46. The number of fused-ring (bicyclic) bond motifs is 2. The van der Waals surface area contributed by atoms with Crippen LogP contribution < -0.4 is 10.3 Å². The van der Waals surface area contributed by atoms with Gasteiger partial charge in [-0.3, -0.25) is 9.59 Å². The summed E-state index contributed by atoms with van der Waals surface area (Å²) in [5.41, 5.74) is 1.99. The molecular formula is C22H17F3N4O4. The fraction of sp³-hybridized carbons (Fsp3) is 0.227. The first-order valence-corrected chi connectivity index (χ1v) is 9.99. The van der Waals surface area contributed by atoms with E-state index < -0.39 is 6.36 Å². The third-order valence-corrected chi connectivity index (χ3v) is 5.46. The summed E-state index contributed by atoms with van der Waals surface area (Å²) in [6.07, 6.45) is -0.148. The molecule has 0 unspecified atom stereocenters. The van der Waals surface area contributed by atoms with Gasteiger partial charge >= 0.3 is 6.36 Å². The number of hydrogen-bond acceptors (Lipinski definition) is 5. The van der Waals surface area contributed by atoms with Crippen LogP contribution in [0.2, 0.25) is 0 Å². The zero-order chi connectivity index (χ0) is 23.3. The van der Waals surface area contributed by atoms with Crippen LogP contribution in [0.3, 0.4) is 0 Å². The van der Waals surface area contributed by atoms with Crippen molar-refractivity contribution in [3.8, 4) is 11.4 Å². The highest BCUT2D eigenvalue weighted by atomic mass is 19.4. The molecule has 0 saturated heterocycles. The molecule has 0 N–H and O–H groups in total. The van der Waals surface area contributed by atoms with Gasteiger partial charge in [0.05, 0.1) is 18.3 Å². The van der Waals surface area contributed by atoms with Crippen LogP contribution in [0.15, 0.2) is 58.3 Å². The normalized spacial score (nSPS) is 14.1. The minimum atomic E-state index is -4.81. The molecule has 0 atom stereocenters. The summed E-state index contributed by atoms with van der Waals surface area (Å²) in [4.78, 5) is 31.7. The molecule has 170 valence electrons. The molecule has 0 radical (unpaired) electrons. The highest BCUT2D eigenvalue weighted by Crippen LogP contribution is 2.30. The summed E-state index contributed by atoms with van der Waals surface area (Å²) in [5, 5.41) is 0.415. The smallest absolute Gasteiger partial charge is 0.464 e. The van der Waals surface area contributed by atoms with Gasteiger partial charge in [0.25, 0.3) is 11.5 Å². The van der Waals surface area contributed by atoms with Gasteiger partial charge in [0.1, 0.15) is 22.7 Å². The monoisotopic (exact) mass is 458 g/mol. The Hall–Kier alpha value is -4.02. The summed E-state index contributed by atoms with van der Waals surface area (Å²) in [6, 6.07) is 6.94. The first-order valence-electron chi connectivity index (χ1n) is 9.99. The lowest BCUT2D eigenvalue weighted by atomic mass is 10.1. The molecule has 5 rings (SSSR count). The maximum Gasteiger partial charge on any atom is 0.573 e. The number of nitrogens with zero attached hydrogens (tertiary/aromatic N) is 4. The molecule has 8 nitrogen and oxygen atoms in total. The van der Waals surface area contributed by atoms with Crippen molar-refractivity contribution in [2.45, 2.75) is 26.4 Å². The predicted molar refractivity (Wildman–Crippen MR) is 110 cm³/mol. The van der Waals surface area contributed by atoms with Crippen LogP contribution in [0, 0.1) is 6.92 Å². The van der Waals surface area contributed by atoms with Crippen molar-refractivity contribution in [3.63, 3.8) is 0 Å². The van der Waals surface area contributed by atoms with Crippen molar-refractivity contribution in [1.82, 2.24) is 19.0 Å². The molecular weight excluding hydrogens is 441 g/mol. The van der Waals surface area contributed by atoms with Gasteiger partial charge in [-0.15, -0.1) is 13.2 Å². The van der Waals surface area contributed by atoms with Crippen LogP contribution in [0.1, 0.15) is 21.7 Å². The first-order chi connectivity index (χ1) is 15.7. The summed E-state index contributed by atoms with van der Waals surface area (Å²) in [6.45, 7) is 2.45. The molecule has 0 fully saturated rings. The van der Waals surface area contributed by atoms with Crippen LogP contribution >= 0.6 is 0 Å². The molecule has 11 heteroatoms. The fourth-order valence-electron chi connectivity index (χ4n) is 3.95. The van der Waals surface area contributed by atoms with Gasteiger partial charge in [-0.05, 0) is 37.3 Å². The van der Waals surface area contributed by atoms with Crippen LogP contribution in [-0.2, 0) is 13.1 Å². The molecule has 0 saturated carbocycles. The van der Waals surface area contributed by atoms with E-state index in [2.05, 4.69) is 9.72 Å². The summed E-state index contributed by atoms with van der Waals surface area (Å²) < 4.78 is 50.2. The van der Waals surface area contributed by atoms with Crippen molar-refractivity contribution in [2.75, 3.05) is 6.54 Å². The molecule has 4 heterocycles. The average Bonchev–Trinajstić information content (AvgIpc) is 3.35. The van der Waals surface area contributed by atoms with E-state index in [4.69, 9.17) is 4.42 Å². The van der Waals surface area contributed by atoms with E-state index in [1.165, 1.54) is 34.2 Å². The minimum Gasteiger partial charge on any atom is -0.464 e. The average molecular weight is 458 g/mol. The molecule has 33 heavy (non-hydrogen) atoms. The zero-order valence-electron chi connectivity index (χ0n) is 17.3. The van der Waals surface area contributed by atoms with E-state index in [9.17, 15) is 22.8 Å². The van der Waals surface area contributed by atoms with E-state index in [1.54, 1.807) is 22.9 Å². The van der Waals surface area contributed by atoms with E-state index in [1.807, 2.05) is 6.92 Å². The van der Waals surface area contributed by atoms with Gasteiger partial charge in [-0.1, -0.05) is 0 Å². The van der Waals surface area contributed by atoms with E-state index in [-0.39, 0.29) is 42.5 Å². The number of aromatic nitrogens is 3. The minimum absolute atomic E-state index is 0.109. The third kappa shape index (κ3) is 3.86. The van der Waals surface area contributed by atoms with Crippen molar-refractivity contribution in [2.24, 2.45) is 0 Å². The molecule has 0 bridgehead atoms. The van der Waals surface area contributed by atoms with Gasteiger partial charge in [-0.25, -0.2) is 4.98 Å². The van der Waals surface area contributed by atoms with Crippen molar-refractivity contribution in [1.29, 1.82) is 0 Å². The molecule has 1 aliphatic rings. The molecule has 1 amide bonds. The van der Waals surface area contributed by atoms with Crippen molar-refractivity contribution < 1.29 is 27.1 Å². The molecule has 0 spiro atoms. The number of hydrogen-bond donors (Lipinski definition) is 0. The van der Waals surface area contributed by atoms with Crippen molar-refractivity contribution in [3.05, 3.63) is 76.4 Å². The Kier molecular flexibility index (Phi) is 4.76. The Balaban J connectivity index is 1.42. The highest BCUT2D eigenvalue weighted by molar-refractivity contribution is 5.93. The quantitative estimate of drug-likeness (QED) is 0.466. The lowest BCUT2D eigenvalue weighted by Crippen LogP contribution is -2.44. The topological polar surface area (TPSA) is 82.5 Å². The fourth-order valence-corrected chi connectivity index (χ4v) is 3.95. The van der Waals surface area contributed by atoms with Gasteiger partial charge in [0, 0.05) is 36.8 Å². The summed E-state index contributed by atoms with van der Waals surface area (Å²) >= 11 is 0. The van der Waals surface area contributed by atoms with Gasteiger partial charge < -0.3 is 23.2 Å². The van der Waals surface area contributed by atoms with Crippen LogP contribution in [0.5, 0.6) is 5.75 Å². The number of amides is 1. The number of benzene rings is 1. The molecule has 3 aromatic heterocycles. The second kappa shape index (κ2) is 7.54. The van der Waals surface area contributed by atoms with E-state index in [0.717, 1.165) is 11.8 Å². The van der Waals surface area contributed by atoms with Crippen molar-refractivity contribution >= 4 is 16.9 Å². The zero-order valence-corrected chi connectivity index (χ0v) is 17.3. The number of furan rings is 1. The van der Waals surface area contributed by atoms with Gasteiger partial charge in [0.15, 0.2) is 0 Å². The molecule has 1 aromatic carbocycles. The highest BCUT2D eigenvalue weighted by Gasteiger charge is 2.31. The number of carbonyl (C=O) groups excluding carboxylic acids is 1. The number of aryl methyl sites for hydroxylation is 1. The largest absolute Gasteiger partial charge is 0.573 e. The number of imidazole rings is 1. The summed E-state index contributed by atoms with van der Waals surface area (Å²) in [7, 11) is 0. The Bertz CT molecular complexity index is 1430.